The Morgan fingerprint density at radius 1 is 1.23 bits per heavy atom. The van der Waals surface area contributed by atoms with E-state index in [0.29, 0.717) is 0 Å². The molecule has 2 rings (SSSR count). The van der Waals surface area contributed by atoms with E-state index >= 15 is 0 Å². The number of guanidine groups is 1. The van der Waals surface area contributed by atoms with E-state index < -0.39 is 0 Å². The van der Waals surface area contributed by atoms with Gasteiger partial charge in [0.25, 0.3) is 0 Å². The molecule has 26 heavy (non-hydrogen) atoms. The molecule has 1 aromatic carbocycles. The van der Waals surface area contributed by atoms with E-state index in [0.717, 1.165) is 37.8 Å². The summed E-state index contributed by atoms with van der Waals surface area (Å²) in [7, 11) is 1.80. The number of halogens is 1. The summed E-state index contributed by atoms with van der Waals surface area (Å²) in [6.45, 7) is 11.1. The molecule has 0 aliphatic rings. The summed E-state index contributed by atoms with van der Waals surface area (Å²) in [5.74, 6) is 1.82. The van der Waals surface area contributed by atoms with Crippen LogP contribution in [0.1, 0.15) is 37.7 Å². The Labute approximate surface area is 173 Å². The molecule has 1 heterocycles. The number of aromatic nitrogens is 3. The fourth-order valence-electron chi connectivity index (χ4n) is 2.99. The topological polar surface area (TPSA) is 67.1 Å². The number of aliphatic imine (C=N–C) groups is 1. The Bertz CT molecular complexity index is 708. The third kappa shape index (κ3) is 5.96. The third-order valence-corrected chi connectivity index (χ3v) is 4.45. The average molecular weight is 470 g/mol. The molecule has 0 aliphatic heterocycles. The zero-order valence-electron chi connectivity index (χ0n) is 16.4. The zero-order valence-corrected chi connectivity index (χ0v) is 18.7. The summed E-state index contributed by atoms with van der Waals surface area (Å²) in [6, 6.07) is 8.54. The third-order valence-electron chi connectivity index (χ3n) is 4.45. The number of rotatable bonds is 7. The summed E-state index contributed by atoms with van der Waals surface area (Å²) in [6.07, 6.45) is 2.66. The minimum Gasteiger partial charge on any atom is -0.356 e. The lowest BCUT2D eigenvalue weighted by atomic mass is 9.82. The van der Waals surface area contributed by atoms with Gasteiger partial charge in [0, 0.05) is 38.5 Å². The highest BCUT2D eigenvalue weighted by Crippen LogP contribution is 2.25. The SMILES string of the molecule is CCc1nncn1CCNC(=NC)NCC(C)(C)c1ccccc1C.I. The van der Waals surface area contributed by atoms with Gasteiger partial charge in [-0.1, -0.05) is 45.0 Å². The number of nitrogens with one attached hydrogen (secondary N) is 2. The summed E-state index contributed by atoms with van der Waals surface area (Å²) in [4.78, 5) is 4.32. The largest absolute Gasteiger partial charge is 0.356 e. The van der Waals surface area contributed by atoms with Gasteiger partial charge in [-0.2, -0.15) is 0 Å². The Morgan fingerprint density at radius 3 is 2.62 bits per heavy atom. The van der Waals surface area contributed by atoms with Gasteiger partial charge in [-0.3, -0.25) is 4.99 Å². The van der Waals surface area contributed by atoms with Gasteiger partial charge in [0.05, 0.1) is 0 Å². The first-order valence-corrected chi connectivity index (χ1v) is 8.85. The van der Waals surface area contributed by atoms with Crippen LogP contribution in [0.25, 0.3) is 0 Å². The molecule has 7 heteroatoms. The average Bonchev–Trinajstić information content (AvgIpc) is 3.05. The van der Waals surface area contributed by atoms with Gasteiger partial charge in [0.1, 0.15) is 12.2 Å². The molecule has 6 nitrogen and oxygen atoms in total. The van der Waals surface area contributed by atoms with Gasteiger partial charge >= 0.3 is 0 Å². The molecular weight excluding hydrogens is 439 g/mol. The van der Waals surface area contributed by atoms with Crippen LogP contribution < -0.4 is 10.6 Å². The quantitative estimate of drug-likeness (QED) is 0.371. The first-order chi connectivity index (χ1) is 12.0. The smallest absolute Gasteiger partial charge is 0.191 e. The maximum atomic E-state index is 4.32. The van der Waals surface area contributed by atoms with E-state index in [-0.39, 0.29) is 29.4 Å². The van der Waals surface area contributed by atoms with Crippen molar-refractivity contribution < 1.29 is 0 Å². The van der Waals surface area contributed by atoms with E-state index in [9.17, 15) is 0 Å². The molecule has 0 spiro atoms. The molecule has 0 atom stereocenters. The zero-order chi connectivity index (χ0) is 18.3. The monoisotopic (exact) mass is 470 g/mol. The molecule has 0 bridgehead atoms. The predicted octanol–water partition coefficient (Wildman–Crippen LogP) is 2.91. The molecule has 0 amide bonds. The fraction of sp³-hybridized carbons (Fsp3) is 0.526. The van der Waals surface area contributed by atoms with Crippen LogP contribution in [0.2, 0.25) is 0 Å². The summed E-state index contributed by atoms with van der Waals surface area (Å²) >= 11 is 0. The standard InChI is InChI=1S/C19H30N6.HI/c1-6-17-24-23-14-25(17)12-11-21-18(20-5)22-13-19(3,4)16-10-8-7-9-15(16)2;/h7-10,14H,6,11-13H2,1-5H3,(H2,20,21,22);1H. The normalized spacial score (nSPS) is 11.8. The van der Waals surface area contributed by atoms with Crippen LogP contribution in [0.4, 0.5) is 0 Å². The van der Waals surface area contributed by atoms with Gasteiger partial charge in [-0.05, 0) is 18.1 Å². The molecule has 0 fully saturated rings. The lowest BCUT2D eigenvalue weighted by Crippen LogP contribution is -2.44. The second-order valence-corrected chi connectivity index (χ2v) is 6.85. The van der Waals surface area contributed by atoms with Gasteiger partial charge in [-0.25, -0.2) is 0 Å². The Morgan fingerprint density at radius 2 is 1.96 bits per heavy atom. The molecule has 2 N–H and O–H groups in total. The number of benzene rings is 1. The Kier molecular flexibility index (Phi) is 9.04. The van der Waals surface area contributed by atoms with Crippen LogP contribution in [-0.2, 0) is 18.4 Å². The maximum absolute atomic E-state index is 4.32. The second kappa shape index (κ2) is 10.5. The van der Waals surface area contributed by atoms with E-state index in [1.54, 1.807) is 13.4 Å². The van der Waals surface area contributed by atoms with Crippen molar-refractivity contribution in [3.05, 3.63) is 47.5 Å². The van der Waals surface area contributed by atoms with Crippen LogP contribution in [-0.4, -0.2) is 40.9 Å². The number of nitrogens with zero attached hydrogens (tertiary/aromatic N) is 4. The van der Waals surface area contributed by atoms with E-state index in [4.69, 9.17) is 0 Å². The highest BCUT2D eigenvalue weighted by Gasteiger charge is 2.22. The molecule has 0 radical (unpaired) electrons. The van der Waals surface area contributed by atoms with Gasteiger partial charge in [0.2, 0.25) is 0 Å². The van der Waals surface area contributed by atoms with Crippen molar-refractivity contribution in [3.63, 3.8) is 0 Å². The van der Waals surface area contributed by atoms with Crippen molar-refractivity contribution in [2.45, 2.75) is 46.1 Å². The van der Waals surface area contributed by atoms with Gasteiger partial charge < -0.3 is 15.2 Å². The van der Waals surface area contributed by atoms with Gasteiger partial charge in [0.15, 0.2) is 5.96 Å². The molecule has 144 valence electrons. The number of aryl methyl sites for hydroxylation is 2. The predicted molar refractivity (Wildman–Crippen MR) is 118 cm³/mol. The van der Waals surface area contributed by atoms with E-state index in [1.165, 1.54) is 11.1 Å². The molecule has 1 aromatic heterocycles. The summed E-state index contributed by atoms with van der Waals surface area (Å²) in [5, 5.41) is 14.9. The number of hydrogen-bond donors (Lipinski definition) is 2. The van der Waals surface area contributed by atoms with Crippen LogP contribution >= 0.6 is 24.0 Å². The van der Waals surface area contributed by atoms with Crippen molar-refractivity contribution in [2.24, 2.45) is 4.99 Å². The van der Waals surface area contributed by atoms with Crippen molar-refractivity contribution >= 4 is 29.9 Å². The first kappa shape index (κ1) is 22.4. The molecular formula is C19H31IN6. The minimum absolute atomic E-state index is 0. The maximum Gasteiger partial charge on any atom is 0.191 e. The first-order valence-electron chi connectivity index (χ1n) is 8.85. The Balaban J connectivity index is 0.00000338. The molecule has 0 unspecified atom stereocenters. The van der Waals surface area contributed by atoms with Crippen molar-refractivity contribution in [2.75, 3.05) is 20.1 Å². The highest BCUT2D eigenvalue weighted by atomic mass is 127. The van der Waals surface area contributed by atoms with Gasteiger partial charge in [-0.15, -0.1) is 34.2 Å². The summed E-state index contributed by atoms with van der Waals surface area (Å²) < 4.78 is 2.07. The minimum atomic E-state index is 0. The highest BCUT2D eigenvalue weighted by molar-refractivity contribution is 14.0. The molecule has 0 aliphatic carbocycles. The van der Waals surface area contributed by atoms with E-state index in [1.807, 2.05) is 0 Å². The molecule has 2 aromatic rings. The van der Waals surface area contributed by atoms with Crippen LogP contribution in [0.15, 0.2) is 35.6 Å². The van der Waals surface area contributed by atoms with Crippen LogP contribution in [0.3, 0.4) is 0 Å². The number of hydrogen-bond acceptors (Lipinski definition) is 3. The molecule has 0 saturated carbocycles. The van der Waals surface area contributed by atoms with Crippen molar-refractivity contribution in [3.8, 4) is 0 Å². The van der Waals surface area contributed by atoms with Crippen LogP contribution in [0.5, 0.6) is 0 Å². The van der Waals surface area contributed by atoms with Crippen molar-refractivity contribution in [1.29, 1.82) is 0 Å². The van der Waals surface area contributed by atoms with E-state index in [2.05, 4.69) is 82.4 Å². The summed E-state index contributed by atoms with van der Waals surface area (Å²) in [5.41, 5.74) is 2.69. The lowest BCUT2D eigenvalue weighted by molar-refractivity contribution is 0.504. The lowest BCUT2D eigenvalue weighted by Gasteiger charge is -2.28. The Hall–Kier alpha value is -1.64. The second-order valence-electron chi connectivity index (χ2n) is 6.85. The van der Waals surface area contributed by atoms with Crippen molar-refractivity contribution in [1.82, 2.24) is 25.4 Å². The van der Waals surface area contributed by atoms with Crippen LogP contribution in [0, 0.1) is 6.92 Å². The fourth-order valence-corrected chi connectivity index (χ4v) is 2.99. The molecule has 0 saturated heterocycles.